The molecule has 8 nitrogen and oxygen atoms in total. The van der Waals surface area contributed by atoms with Crippen LogP contribution in [0.5, 0.6) is 0 Å². The maximum absolute atomic E-state index is 11.9. The van der Waals surface area contributed by atoms with Crippen molar-refractivity contribution < 1.29 is 9.53 Å². The molecule has 0 radical (unpaired) electrons. The fourth-order valence-electron chi connectivity index (χ4n) is 5.42. The van der Waals surface area contributed by atoms with Crippen LogP contribution in [0.2, 0.25) is 0 Å². The number of piperazine rings is 1. The molecule has 1 atom stereocenters. The summed E-state index contributed by atoms with van der Waals surface area (Å²) in [5.41, 5.74) is 4.20. The van der Waals surface area contributed by atoms with Gasteiger partial charge in [-0.05, 0) is 45.2 Å². The number of carbonyl (C=O) groups excluding carboxylic acids is 1. The second kappa shape index (κ2) is 8.35. The third-order valence-corrected chi connectivity index (χ3v) is 7.71. The predicted octanol–water partition coefficient (Wildman–Crippen LogP) is 3.04. The first-order valence-electron chi connectivity index (χ1n) is 11.2. The van der Waals surface area contributed by atoms with Crippen LogP contribution < -0.4 is 4.90 Å². The van der Waals surface area contributed by atoms with Crippen molar-refractivity contribution in [2.45, 2.75) is 39.2 Å². The van der Waals surface area contributed by atoms with E-state index in [4.69, 9.17) is 9.72 Å². The first-order chi connectivity index (χ1) is 15.1. The summed E-state index contributed by atoms with van der Waals surface area (Å²) in [4.78, 5) is 23.7. The first kappa shape index (κ1) is 20.6. The molecule has 1 aliphatic carbocycles. The van der Waals surface area contributed by atoms with Crippen molar-refractivity contribution in [2.24, 2.45) is 5.41 Å². The maximum atomic E-state index is 11.9. The number of carbonyl (C=O) groups is 1. The number of aromatic nitrogens is 3. The number of likely N-dealkylation sites (tertiary alicyclic amines) is 1. The molecular weight excluding hydrogens is 412 g/mol. The Morgan fingerprint density at radius 3 is 2.77 bits per heavy atom. The zero-order chi connectivity index (χ0) is 21.4. The molecule has 0 bridgehead atoms. The summed E-state index contributed by atoms with van der Waals surface area (Å²) in [5.74, 6) is 1.03. The highest BCUT2D eigenvalue weighted by Gasteiger charge is 2.51. The van der Waals surface area contributed by atoms with E-state index < -0.39 is 0 Å². The number of rotatable bonds is 4. The Morgan fingerprint density at radius 2 is 2.06 bits per heavy atom. The van der Waals surface area contributed by atoms with Crippen molar-refractivity contribution >= 4 is 23.2 Å². The summed E-state index contributed by atoms with van der Waals surface area (Å²) in [6, 6.07) is 4.80. The molecule has 9 heteroatoms. The largest absolute Gasteiger partial charge is 0.450 e. The normalized spacial score (nSPS) is 23.2. The van der Waals surface area contributed by atoms with Crippen LogP contribution in [0.15, 0.2) is 17.6 Å². The van der Waals surface area contributed by atoms with Crippen molar-refractivity contribution in [1.82, 2.24) is 25.0 Å². The average molecular weight is 443 g/mol. The molecule has 0 N–H and O–H groups in total. The molecule has 1 saturated carbocycles. The zero-order valence-electron chi connectivity index (χ0n) is 18.3. The summed E-state index contributed by atoms with van der Waals surface area (Å²) in [5, 5.41) is 9.20. The first-order valence-corrected chi connectivity index (χ1v) is 12.1. The number of amides is 1. The van der Waals surface area contributed by atoms with E-state index >= 15 is 0 Å². The van der Waals surface area contributed by atoms with Crippen molar-refractivity contribution in [3.63, 3.8) is 0 Å². The Balaban J connectivity index is 1.19. The van der Waals surface area contributed by atoms with Crippen LogP contribution in [-0.2, 0) is 4.74 Å². The van der Waals surface area contributed by atoms with Gasteiger partial charge in [0.2, 0.25) is 0 Å². The minimum Gasteiger partial charge on any atom is -0.450 e. The smallest absolute Gasteiger partial charge is 0.409 e. The Kier molecular flexibility index (Phi) is 5.56. The molecule has 2 aromatic heterocycles. The van der Waals surface area contributed by atoms with Gasteiger partial charge in [0, 0.05) is 56.4 Å². The minimum absolute atomic E-state index is 0.151. The van der Waals surface area contributed by atoms with Gasteiger partial charge < -0.3 is 14.5 Å². The number of pyridine rings is 1. The lowest BCUT2D eigenvalue weighted by molar-refractivity contribution is -0.00294. The molecule has 3 aliphatic rings. The fourth-order valence-corrected chi connectivity index (χ4v) is 6.00. The second-order valence-electron chi connectivity index (χ2n) is 9.04. The van der Waals surface area contributed by atoms with Gasteiger partial charge in [-0.2, -0.15) is 0 Å². The standard InChI is InChI=1S/C22H30N6O2S/c1-3-30-21(29)28-13-22(14-28)7-6-17(12-22)26-8-10-27(11-9-26)19-18(5-4-16(2)24-19)20-25-23-15-31-20/h4-5,15,17H,3,6-14H2,1-2H3. The lowest BCUT2D eigenvalue weighted by Crippen LogP contribution is -2.58. The van der Waals surface area contributed by atoms with Crippen LogP contribution in [0.1, 0.15) is 31.9 Å². The Morgan fingerprint density at radius 1 is 1.26 bits per heavy atom. The summed E-state index contributed by atoms with van der Waals surface area (Å²) in [7, 11) is 0. The van der Waals surface area contributed by atoms with Gasteiger partial charge in [-0.3, -0.25) is 4.90 Å². The lowest BCUT2D eigenvalue weighted by atomic mass is 9.78. The molecule has 4 heterocycles. The molecular formula is C22H30N6O2S. The Bertz CT molecular complexity index is 922. The summed E-state index contributed by atoms with van der Waals surface area (Å²) in [6.45, 7) is 10.1. The minimum atomic E-state index is -0.151. The predicted molar refractivity (Wildman–Crippen MR) is 120 cm³/mol. The molecule has 1 unspecified atom stereocenters. The molecule has 1 spiro atoms. The molecule has 5 rings (SSSR count). The van der Waals surface area contributed by atoms with Crippen LogP contribution in [0, 0.1) is 12.3 Å². The van der Waals surface area contributed by atoms with Crippen LogP contribution in [0.25, 0.3) is 10.6 Å². The van der Waals surface area contributed by atoms with Crippen molar-refractivity contribution in [2.75, 3.05) is 50.8 Å². The molecule has 3 fully saturated rings. The van der Waals surface area contributed by atoms with Gasteiger partial charge in [0.05, 0.1) is 12.2 Å². The van der Waals surface area contributed by atoms with Gasteiger partial charge in [-0.1, -0.05) is 11.3 Å². The molecule has 166 valence electrons. The van der Waals surface area contributed by atoms with E-state index in [-0.39, 0.29) is 6.09 Å². The summed E-state index contributed by atoms with van der Waals surface area (Å²) < 4.78 is 5.15. The number of hydrogen-bond acceptors (Lipinski definition) is 8. The number of ether oxygens (including phenoxy) is 1. The summed E-state index contributed by atoms with van der Waals surface area (Å²) in [6.07, 6.45) is 3.49. The van der Waals surface area contributed by atoms with Gasteiger partial charge in [0.25, 0.3) is 0 Å². The SMILES string of the molecule is CCOC(=O)N1CC2(CCC(N3CCN(c4nc(C)ccc4-c4nncs4)CC3)C2)C1. The third-order valence-electron chi connectivity index (χ3n) is 6.99. The van der Waals surface area contributed by atoms with Crippen molar-refractivity contribution in [3.05, 3.63) is 23.3 Å². The molecule has 2 saturated heterocycles. The molecule has 31 heavy (non-hydrogen) atoms. The highest BCUT2D eigenvalue weighted by molar-refractivity contribution is 7.12. The van der Waals surface area contributed by atoms with E-state index in [0.717, 1.165) is 61.4 Å². The molecule has 1 amide bonds. The maximum Gasteiger partial charge on any atom is 0.409 e. The third kappa shape index (κ3) is 4.01. The Labute approximate surface area is 187 Å². The highest BCUT2D eigenvalue weighted by atomic mass is 32.1. The highest BCUT2D eigenvalue weighted by Crippen LogP contribution is 2.47. The van der Waals surface area contributed by atoms with Gasteiger partial charge in [-0.15, -0.1) is 10.2 Å². The van der Waals surface area contributed by atoms with Gasteiger partial charge in [0.1, 0.15) is 11.3 Å². The Hall–Kier alpha value is -2.26. The monoisotopic (exact) mass is 442 g/mol. The van der Waals surface area contributed by atoms with Gasteiger partial charge in [-0.25, -0.2) is 9.78 Å². The lowest BCUT2D eigenvalue weighted by Gasteiger charge is -2.48. The van der Waals surface area contributed by atoms with Gasteiger partial charge >= 0.3 is 6.09 Å². The number of hydrogen-bond donors (Lipinski definition) is 0. The second-order valence-corrected chi connectivity index (χ2v) is 9.88. The topological polar surface area (TPSA) is 74.7 Å². The van der Waals surface area contributed by atoms with Gasteiger partial charge in [0.15, 0.2) is 5.01 Å². The summed E-state index contributed by atoms with van der Waals surface area (Å²) >= 11 is 1.56. The van der Waals surface area contributed by atoms with Crippen molar-refractivity contribution in [1.29, 1.82) is 0 Å². The van der Waals surface area contributed by atoms with E-state index in [2.05, 4.69) is 26.1 Å². The van der Waals surface area contributed by atoms with Crippen LogP contribution >= 0.6 is 11.3 Å². The van der Waals surface area contributed by atoms with E-state index in [1.807, 2.05) is 24.8 Å². The number of aryl methyl sites for hydroxylation is 1. The molecule has 0 aromatic carbocycles. The van der Waals surface area contributed by atoms with Crippen LogP contribution in [0.4, 0.5) is 10.6 Å². The number of anilines is 1. The van der Waals surface area contributed by atoms with E-state index in [1.54, 1.807) is 16.8 Å². The zero-order valence-corrected chi connectivity index (χ0v) is 19.1. The quantitative estimate of drug-likeness (QED) is 0.720. The van der Waals surface area contributed by atoms with E-state index in [0.29, 0.717) is 18.1 Å². The van der Waals surface area contributed by atoms with E-state index in [9.17, 15) is 4.79 Å². The van der Waals surface area contributed by atoms with Crippen LogP contribution in [-0.4, -0.2) is 83.0 Å². The van der Waals surface area contributed by atoms with Crippen molar-refractivity contribution in [3.8, 4) is 10.6 Å². The molecule has 2 aliphatic heterocycles. The number of nitrogens with zero attached hydrogens (tertiary/aromatic N) is 6. The van der Waals surface area contributed by atoms with Crippen LogP contribution in [0.3, 0.4) is 0 Å². The fraction of sp³-hybridized carbons (Fsp3) is 0.636. The molecule has 2 aromatic rings. The average Bonchev–Trinajstić information content (AvgIpc) is 3.43. The van der Waals surface area contributed by atoms with E-state index in [1.165, 1.54) is 19.3 Å².